The van der Waals surface area contributed by atoms with Crippen molar-refractivity contribution in [2.75, 3.05) is 18.8 Å². The van der Waals surface area contributed by atoms with Crippen LogP contribution < -0.4 is 65.5 Å². The Kier molecular flexibility index (Phi) is 27.3. The molecule has 30 heteroatoms. The summed E-state index contributed by atoms with van der Waals surface area (Å²) in [6, 6.07) is -9.30. The Morgan fingerprint density at radius 3 is 1.64 bits per heavy atom. The van der Waals surface area contributed by atoms with Crippen LogP contribution in [0.25, 0.3) is 0 Å². The fourth-order valence-electron chi connectivity index (χ4n) is 7.75. The summed E-state index contributed by atoms with van der Waals surface area (Å²) >= 11 is 4.12. The molecule has 0 radical (unpaired) electrons. The van der Waals surface area contributed by atoms with E-state index in [0.717, 1.165) is 4.90 Å². The predicted molar refractivity (Wildman–Crippen MR) is 275 cm³/mol. The Morgan fingerprint density at radius 2 is 1.10 bits per heavy atom. The molecule has 10 atom stereocenters. The summed E-state index contributed by atoms with van der Waals surface area (Å²) in [6.45, 7) is 6.19. The number of carboxylic acid groups (broad SMARTS) is 2. The molecule has 0 bridgehead atoms. The van der Waals surface area contributed by atoms with Crippen molar-refractivity contribution in [3.8, 4) is 5.75 Å². The lowest BCUT2D eigenvalue weighted by Gasteiger charge is -2.30. The standard InChI is InChI=1S/C47H73N13O16S/c1-22(2)16-28(41(69)59-33(21-77)44(72)58-32(47(75)76)17-25-10-12-26(61)13-11-25)55-43(71)30(20-37(64)65)56-42(70)29(18-35(50)62)54-38(66)24(4)53-45(73)34-9-7-15-60(34)46(74)31(19-36(51)63)57-39(67)23(3)52-40(68)27(49)8-5-6-14-48/h10-13,22-24,27-34,61,77H,5-9,14-21,48-49H2,1-4H3,(H2,50,62)(H2,51,63)(H,52,68)(H,53,73)(H,54,66)(H,55,71)(H,56,70)(H,57,67)(H,58,72)(H,59,69)(H,64,65)(H,75,76)/t23-,24-,27-,28-,29-,30-,31-,32-,33-,34-/m0/s1. The zero-order chi connectivity index (χ0) is 58.3. The smallest absolute Gasteiger partial charge is 0.326 e. The fourth-order valence-corrected chi connectivity index (χ4v) is 8.00. The third kappa shape index (κ3) is 22.6. The van der Waals surface area contributed by atoms with Crippen LogP contribution in [-0.2, 0) is 68.7 Å². The average molecular weight is 1110 g/mol. The summed E-state index contributed by atoms with van der Waals surface area (Å²) < 4.78 is 0. The number of nitrogens with zero attached hydrogens (tertiary/aromatic N) is 1. The van der Waals surface area contributed by atoms with E-state index in [4.69, 9.17) is 22.9 Å². The summed E-state index contributed by atoms with van der Waals surface area (Å²) in [4.78, 5) is 170. The van der Waals surface area contributed by atoms with E-state index in [2.05, 4.69) is 55.2 Å². The second-order valence-corrected chi connectivity index (χ2v) is 19.2. The molecule has 0 unspecified atom stereocenters. The molecule has 29 nitrogen and oxygen atoms in total. The van der Waals surface area contributed by atoms with Crippen LogP contribution >= 0.6 is 12.6 Å². The SMILES string of the molecule is CC(C)C[C@H](NC(=O)[C@H](CC(=O)O)NC(=O)[C@H](CC(N)=O)NC(=O)[C@H](C)NC(=O)[C@@H]1CCCN1C(=O)[C@H](CC(N)=O)NC(=O)[C@H](C)NC(=O)[C@@H](N)CCCCN)C(=O)N[C@@H](CS)C(=O)N[C@@H](Cc1ccc(O)cc1)C(=O)O. The first-order chi connectivity index (χ1) is 36.1. The normalized spacial score (nSPS) is 16.5. The summed E-state index contributed by atoms with van der Waals surface area (Å²) in [5.74, 6) is -14.8. The predicted octanol–water partition coefficient (Wildman–Crippen LogP) is -5.41. The average Bonchev–Trinajstić information content (AvgIpc) is 3.84. The van der Waals surface area contributed by atoms with Gasteiger partial charge in [-0.1, -0.05) is 32.4 Å². The number of likely N-dealkylation sites (tertiary alicyclic amines) is 1. The Bertz CT molecular complexity index is 2310. The molecule has 1 heterocycles. The number of hydrogen-bond donors (Lipinski definition) is 16. The van der Waals surface area contributed by atoms with Gasteiger partial charge in [0.1, 0.15) is 60.1 Å². The number of unbranched alkanes of at least 4 members (excludes halogenated alkanes) is 1. The van der Waals surface area contributed by atoms with Crippen LogP contribution in [-0.4, -0.2) is 176 Å². The van der Waals surface area contributed by atoms with E-state index >= 15 is 0 Å². The molecule has 1 aliphatic rings. The topological polar surface area (TPSA) is 486 Å². The molecule has 1 aliphatic heterocycles. The number of rotatable bonds is 33. The molecule has 1 saturated heterocycles. The number of carbonyl (C=O) groups excluding carboxylic acids is 11. The van der Waals surface area contributed by atoms with Gasteiger partial charge in [-0.05, 0) is 76.1 Å². The second-order valence-electron chi connectivity index (χ2n) is 18.9. The zero-order valence-corrected chi connectivity index (χ0v) is 44.1. The van der Waals surface area contributed by atoms with Gasteiger partial charge in [0.15, 0.2) is 0 Å². The highest BCUT2D eigenvalue weighted by Crippen LogP contribution is 2.20. The van der Waals surface area contributed by atoms with E-state index in [0.29, 0.717) is 31.4 Å². The number of phenolic OH excluding ortho intramolecular Hbond substituents is 1. The third-order valence-corrected chi connectivity index (χ3v) is 12.2. The molecule has 11 amide bonds. The van der Waals surface area contributed by atoms with Crippen LogP contribution in [0.3, 0.4) is 0 Å². The van der Waals surface area contributed by atoms with Crippen molar-refractivity contribution in [3.05, 3.63) is 29.8 Å². The van der Waals surface area contributed by atoms with E-state index < -0.39 is 157 Å². The molecule has 77 heavy (non-hydrogen) atoms. The van der Waals surface area contributed by atoms with Gasteiger partial charge in [0.05, 0.1) is 25.3 Å². The number of carbonyl (C=O) groups is 13. The first kappa shape index (κ1) is 65.5. The number of nitrogens with two attached hydrogens (primary N) is 4. The molecular weight excluding hydrogens is 1030 g/mol. The van der Waals surface area contributed by atoms with Crippen LogP contribution in [0.4, 0.5) is 0 Å². The minimum atomic E-state index is -1.97. The monoisotopic (exact) mass is 1110 g/mol. The molecule has 0 saturated carbocycles. The van der Waals surface area contributed by atoms with Crippen LogP contribution in [0, 0.1) is 5.92 Å². The van der Waals surface area contributed by atoms with Crippen LogP contribution in [0.15, 0.2) is 24.3 Å². The van der Waals surface area contributed by atoms with Crippen molar-refractivity contribution in [2.45, 2.75) is 152 Å². The number of benzene rings is 1. The molecule has 2 rings (SSSR count). The highest BCUT2D eigenvalue weighted by Gasteiger charge is 2.40. The summed E-state index contributed by atoms with van der Waals surface area (Å²) in [5, 5.41) is 47.7. The molecule has 1 aromatic carbocycles. The number of thiol groups is 1. The minimum Gasteiger partial charge on any atom is -0.508 e. The van der Waals surface area contributed by atoms with Gasteiger partial charge in [0.25, 0.3) is 0 Å². The number of amides is 11. The first-order valence-electron chi connectivity index (χ1n) is 24.7. The maximum absolute atomic E-state index is 13.8. The van der Waals surface area contributed by atoms with Crippen LogP contribution in [0.5, 0.6) is 5.75 Å². The zero-order valence-electron chi connectivity index (χ0n) is 43.2. The van der Waals surface area contributed by atoms with Gasteiger partial charge in [0, 0.05) is 18.7 Å². The van der Waals surface area contributed by atoms with Gasteiger partial charge in [-0.25, -0.2) is 4.79 Å². The van der Waals surface area contributed by atoms with Crippen molar-refractivity contribution in [2.24, 2.45) is 28.9 Å². The molecule has 1 fully saturated rings. The fraction of sp³-hybridized carbons (Fsp3) is 0.596. The molecule has 0 spiro atoms. The molecule has 428 valence electrons. The highest BCUT2D eigenvalue weighted by atomic mass is 32.1. The molecule has 19 N–H and O–H groups in total. The van der Waals surface area contributed by atoms with E-state index in [1.165, 1.54) is 38.1 Å². The summed E-state index contributed by atoms with van der Waals surface area (Å²) in [5.41, 5.74) is 22.6. The number of aliphatic carboxylic acids is 2. The number of aromatic hydroxyl groups is 1. The number of hydrogen-bond acceptors (Lipinski definition) is 17. The lowest BCUT2D eigenvalue weighted by molar-refractivity contribution is -0.143. The summed E-state index contributed by atoms with van der Waals surface area (Å²) in [7, 11) is 0. The Hall–Kier alpha value is -7.60. The van der Waals surface area contributed by atoms with Crippen molar-refractivity contribution < 1.29 is 77.6 Å². The molecule has 0 aliphatic carbocycles. The second kappa shape index (κ2) is 32.1. The van der Waals surface area contributed by atoms with E-state index in [-0.39, 0.29) is 49.6 Å². The quantitative estimate of drug-likeness (QED) is 0.0231. The minimum absolute atomic E-state index is 0.0342. The maximum Gasteiger partial charge on any atom is 0.326 e. The number of phenols is 1. The molecule has 0 aromatic heterocycles. The van der Waals surface area contributed by atoms with Crippen molar-refractivity contribution in [1.29, 1.82) is 0 Å². The van der Waals surface area contributed by atoms with E-state index in [1.54, 1.807) is 13.8 Å². The molecular formula is C47H73N13O16S. The first-order valence-corrected chi connectivity index (χ1v) is 25.3. The van der Waals surface area contributed by atoms with E-state index in [1.807, 2.05) is 0 Å². The van der Waals surface area contributed by atoms with E-state index in [9.17, 15) is 77.6 Å². The largest absolute Gasteiger partial charge is 0.508 e. The van der Waals surface area contributed by atoms with Crippen molar-refractivity contribution in [3.63, 3.8) is 0 Å². The van der Waals surface area contributed by atoms with Gasteiger partial charge in [-0.15, -0.1) is 0 Å². The number of primary amides is 2. The van der Waals surface area contributed by atoms with Gasteiger partial charge < -0.3 is 85.7 Å². The third-order valence-electron chi connectivity index (χ3n) is 11.9. The van der Waals surface area contributed by atoms with Gasteiger partial charge in [-0.2, -0.15) is 12.6 Å². The van der Waals surface area contributed by atoms with Gasteiger partial charge in [0.2, 0.25) is 65.0 Å². The summed E-state index contributed by atoms with van der Waals surface area (Å²) in [6.07, 6.45) is -1.23. The number of carboxylic acids is 2. The Morgan fingerprint density at radius 1 is 0.623 bits per heavy atom. The molecule has 1 aromatic rings. The maximum atomic E-state index is 13.8. The number of nitrogens with one attached hydrogen (secondary N) is 8. The van der Waals surface area contributed by atoms with Crippen molar-refractivity contribution in [1.82, 2.24) is 47.4 Å². The van der Waals surface area contributed by atoms with Crippen LogP contribution in [0.1, 0.15) is 91.0 Å². The lowest BCUT2D eigenvalue weighted by Crippen LogP contribution is -2.61. The highest BCUT2D eigenvalue weighted by molar-refractivity contribution is 7.80. The van der Waals surface area contributed by atoms with Gasteiger partial charge >= 0.3 is 11.9 Å². The van der Waals surface area contributed by atoms with Crippen molar-refractivity contribution >= 4 is 89.5 Å². The lowest BCUT2D eigenvalue weighted by atomic mass is 10.0. The van der Waals surface area contributed by atoms with Gasteiger partial charge in [-0.3, -0.25) is 57.5 Å². The Balaban J connectivity index is 2.20. The Labute approximate surface area is 449 Å². The van der Waals surface area contributed by atoms with Crippen LogP contribution in [0.2, 0.25) is 0 Å².